The Bertz CT molecular complexity index is 729. The molecule has 0 aliphatic rings. The molecule has 0 atom stereocenters. The predicted octanol–water partition coefficient (Wildman–Crippen LogP) is 5.65. The van der Waals surface area contributed by atoms with Gasteiger partial charge in [-0.2, -0.15) is 15.6 Å². The molecule has 400 valence electrons. The Morgan fingerprint density at radius 3 is 0.219 bits per heavy atom. The monoisotopic (exact) mass is 971 g/mol. The van der Waals surface area contributed by atoms with E-state index in [-0.39, 0.29) is 0 Å². The fourth-order valence-corrected chi connectivity index (χ4v) is 8.05. The molecule has 0 radical (unpaired) electrons. The Morgan fingerprint density at radius 1 is 0.188 bits per heavy atom. The smallest absolute Gasteiger partial charge is 0.0757 e. The van der Waals surface area contributed by atoms with E-state index in [2.05, 4.69) is 166 Å². The maximum atomic E-state index is 8.55. The molecule has 0 aromatic carbocycles. The fraction of sp³-hybridized carbons (Fsp3) is 1.00. The summed E-state index contributed by atoms with van der Waals surface area (Å²) in [5, 5.41) is 0. The van der Waals surface area contributed by atoms with Gasteiger partial charge in [0.2, 0.25) is 0 Å². The molecule has 0 aromatic heterocycles. The van der Waals surface area contributed by atoms with E-state index in [1.807, 2.05) is 0 Å². The highest BCUT2D eigenvalue weighted by Gasteiger charge is 2.19. The van der Waals surface area contributed by atoms with Crippen LogP contribution in [0.15, 0.2) is 0 Å². The summed E-state index contributed by atoms with van der Waals surface area (Å²) in [5.74, 6) is 0. The van der Waals surface area contributed by atoms with Gasteiger partial charge in [0.1, 0.15) is 0 Å². The van der Waals surface area contributed by atoms with Crippen LogP contribution in [0.3, 0.4) is 0 Å². The van der Waals surface area contributed by atoms with Crippen molar-refractivity contribution in [1.29, 1.82) is 0 Å². The van der Waals surface area contributed by atoms with Crippen molar-refractivity contribution in [3.05, 3.63) is 0 Å². The topological polar surface area (TPSA) is 172 Å². The second-order valence-corrected chi connectivity index (χ2v) is 18.3. The van der Waals surface area contributed by atoms with Gasteiger partial charge in [0.15, 0.2) is 0 Å². The lowest BCUT2D eigenvalue weighted by molar-refractivity contribution is -0.921. The molecule has 0 spiro atoms. The van der Waals surface area contributed by atoms with Crippen LogP contribution in [-0.4, -0.2) is 184 Å². The standard InChI is InChI=1S/6C8H20N.2H3O4P/c6*1-5-9(6-2,7-3)8-4;2*1-5(2,3)4/h6*5-8H2,1-4H3;2*(H3,1,2,3,4)/q6*+1;;/p-6. The quantitative estimate of drug-likeness (QED) is 0.0883. The Hall–Kier alpha value is -0.0200. The fourth-order valence-electron chi connectivity index (χ4n) is 8.05. The number of quaternary nitrogens is 6. The first-order valence-corrected chi connectivity index (χ1v) is 28.9. The van der Waals surface area contributed by atoms with Gasteiger partial charge in [-0.1, -0.05) is 0 Å². The van der Waals surface area contributed by atoms with Crippen LogP contribution in [0, 0.1) is 0 Å². The number of hydrogen-bond acceptors (Lipinski definition) is 8. The summed E-state index contributed by atoms with van der Waals surface area (Å²) >= 11 is 0. The molecule has 0 heterocycles. The first-order valence-electron chi connectivity index (χ1n) is 26.0. The molecular weight excluding hydrogens is 851 g/mol. The van der Waals surface area contributed by atoms with Crippen molar-refractivity contribution in [2.75, 3.05) is 157 Å². The highest BCUT2D eigenvalue weighted by molar-refractivity contribution is 7.40. The largest absolute Gasteiger partial charge is 0.822 e. The van der Waals surface area contributed by atoms with Gasteiger partial charge in [-0.05, 0) is 166 Å². The lowest BCUT2D eigenvalue weighted by Gasteiger charge is -2.36. The number of hydrogen-bond donors (Lipinski definition) is 0. The third kappa shape index (κ3) is 44.5. The molecule has 0 rings (SSSR count). The van der Waals surface area contributed by atoms with Crippen LogP contribution in [0.4, 0.5) is 0 Å². The average Bonchev–Trinajstić information content (AvgIpc) is 3.30. The van der Waals surface area contributed by atoms with Crippen LogP contribution < -0.4 is 29.4 Å². The number of rotatable bonds is 24. The molecule has 0 saturated carbocycles. The summed E-state index contributed by atoms with van der Waals surface area (Å²) in [5.41, 5.74) is 0. The minimum atomic E-state index is -5.39. The SMILES string of the molecule is CC[N+](CC)(CC)CC.CC[N+](CC)(CC)CC.CC[N+](CC)(CC)CC.CC[N+](CC)(CC)CC.CC[N+](CC)(CC)CC.CC[N+](CC)(CC)CC.O=P([O-])([O-])[O-].O=P([O-])([O-])[O-]. The Balaban J connectivity index is -0.0000000941. The molecule has 0 N–H and O–H groups in total. The molecule has 0 bridgehead atoms. The molecule has 0 fully saturated rings. The molecule has 0 aromatic rings. The predicted molar refractivity (Wildman–Crippen MR) is 270 cm³/mol. The third-order valence-electron chi connectivity index (χ3n) is 16.1. The number of phosphoric acid groups is 2. The Morgan fingerprint density at radius 2 is 0.219 bits per heavy atom. The minimum Gasteiger partial charge on any atom is -0.822 e. The van der Waals surface area contributed by atoms with E-state index in [9.17, 15) is 0 Å². The van der Waals surface area contributed by atoms with Gasteiger partial charge in [0.25, 0.3) is 0 Å². The highest BCUT2D eigenvalue weighted by atomic mass is 31.2. The molecule has 0 aliphatic carbocycles. The van der Waals surface area contributed by atoms with Crippen LogP contribution in [0.2, 0.25) is 0 Å². The average molecular weight is 971 g/mol. The van der Waals surface area contributed by atoms with Gasteiger partial charge in [-0.25, -0.2) is 0 Å². The molecular formula is C48H120N6O8P2. The van der Waals surface area contributed by atoms with Crippen LogP contribution in [0.25, 0.3) is 0 Å². The first-order chi connectivity index (χ1) is 29.5. The first kappa shape index (κ1) is 81.0. The van der Waals surface area contributed by atoms with Crippen molar-refractivity contribution in [2.24, 2.45) is 0 Å². The zero-order valence-corrected chi connectivity index (χ0v) is 49.6. The Kier molecular flexibility index (Phi) is 59.1. The summed E-state index contributed by atoms with van der Waals surface area (Å²) in [6.07, 6.45) is 0. The van der Waals surface area contributed by atoms with Crippen LogP contribution in [-0.2, 0) is 9.13 Å². The van der Waals surface area contributed by atoms with Gasteiger partial charge in [0, 0.05) is 0 Å². The van der Waals surface area contributed by atoms with Crippen molar-refractivity contribution >= 4 is 15.6 Å². The van der Waals surface area contributed by atoms with Gasteiger partial charge < -0.3 is 65.4 Å². The van der Waals surface area contributed by atoms with E-state index < -0.39 is 15.6 Å². The minimum absolute atomic E-state index is 1.28. The maximum absolute atomic E-state index is 8.55. The van der Waals surface area contributed by atoms with E-state index in [1.165, 1.54) is 184 Å². The second kappa shape index (κ2) is 46.7. The maximum Gasteiger partial charge on any atom is 0.0757 e. The molecule has 16 heteroatoms. The molecule has 0 amide bonds. The molecule has 0 unspecified atom stereocenters. The van der Waals surface area contributed by atoms with Crippen molar-refractivity contribution in [3.8, 4) is 0 Å². The van der Waals surface area contributed by atoms with Crippen molar-refractivity contribution in [1.82, 2.24) is 0 Å². The molecule has 0 aliphatic heterocycles. The van der Waals surface area contributed by atoms with E-state index >= 15 is 0 Å². The van der Waals surface area contributed by atoms with Crippen molar-refractivity contribution < 1.29 is 65.4 Å². The van der Waals surface area contributed by atoms with Gasteiger partial charge in [0.05, 0.1) is 157 Å². The van der Waals surface area contributed by atoms with Gasteiger partial charge in [-0.15, -0.1) is 0 Å². The zero-order chi connectivity index (χ0) is 53.0. The normalized spacial score (nSPS) is 12.0. The van der Waals surface area contributed by atoms with E-state index in [0.29, 0.717) is 0 Å². The summed E-state index contributed by atoms with van der Waals surface area (Å²) in [4.78, 5) is 51.3. The lowest BCUT2D eigenvalue weighted by Crippen LogP contribution is -2.47. The van der Waals surface area contributed by atoms with E-state index in [4.69, 9.17) is 38.5 Å². The molecule has 0 saturated heterocycles. The van der Waals surface area contributed by atoms with E-state index in [0.717, 1.165) is 0 Å². The van der Waals surface area contributed by atoms with Crippen LogP contribution in [0.5, 0.6) is 0 Å². The summed E-state index contributed by atoms with van der Waals surface area (Å²) in [6, 6.07) is 0. The summed E-state index contributed by atoms with van der Waals surface area (Å²) < 4.78 is 24.8. The lowest BCUT2D eigenvalue weighted by atomic mass is 10.3. The van der Waals surface area contributed by atoms with Crippen LogP contribution in [0.1, 0.15) is 166 Å². The van der Waals surface area contributed by atoms with Crippen molar-refractivity contribution in [2.45, 2.75) is 166 Å². The third-order valence-corrected chi connectivity index (χ3v) is 16.1. The van der Waals surface area contributed by atoms with Gasteiger partial charge in [-0.3, -0.25) is 0 Å². The van der Waals surface area contributed by atoms with E-state index in [1.54, 1.807) is 0 Å². The highest BCUT2D eigenvalue weighted by Crippen LogP contribution is 2.07. The summed E-state index contributed by atoms with van der Waals surface area (Å²) in [6.45, 7) is 85.3. The number of nitrogens with zero attached hydrogens (tertiary/aromatic N) is 6. The van der Waals surface area contributed by atoms with Gasteiger partial charge >= 0.3 is 0 Å². The van der Waals surface area contributed by atoms with Crippen molar-refractivity contribution in [3.63, 3.8) is 0 Å². The Labute approximate surface area is 403 Å². The second-order valence-electron chi connectivity index (χ2n) is 16.5. The zero-order valence-electron chi connectivity index (χ0n) is 47.8. The molecule has 64 heavy (non-hydrogen) atoms. The molecule has 14 nitrogen and oxygen atoms in total. The van der Waals surface area contributed by atoms with Crippen LogP contribution >= 0.6 is 15.6 Å². The summed E-state index contributed by atoms with van der Waals surface area (Å²) in [7, 11) is -10.8.